The van der Waals surface area contributed by atoms with E-state index in [0.717, 1.165) is 22.4 Å². The monoisotopic (exact) mass is 514 g/mol. The number of aromatic nitrogens is 2. The van der Waals surface area contributed by atoms with Gasteiger partial charge < -0.3 is 19.3 Å². The van der Waals surface area contributed by atoms with Gasteiger partial charge in [0, 0.05) is 17.7 Å². The van der Waals surface area contributed by atoms with E-state index in [1.54, 1.807) is 14.0 Å². The van der Waals surface area contributed by atoms with Gasteiger partial charge in [0.15, 0.2) is 6.23 Å². The highest BCUT2D eigenvalue weighted by atomic mass is 16.5. The highest BCUT2D eigenvalue weighted by Gasteiger charge is 2.42. The average Bonchev–Trinajstić information content (AvgIpc) is 3.32. The van der Waals surface area contributed by atoms with Gasteiger partial charge in [0.1, 0.15) is 17.5 Å². The molecule has 8 heteroatoms. The summed E-state index contributed by atoms with van der Waals surface area (Å²) in [6.07, 6.45) is -0.554. The van der Waals surface area contributed by atoms with E-state index in [-0.39, 0.29) is 13.2 Å². The molecule has 3 aromatic carbocycles. The normalized spacial score (nSPS) is 19.4. The summed E-state index contributed by atoms with van der Waals surface area (Å²) in [4.78, 5) is 26.5. The third kappa shape index (κ3) is 4.69. The zero-order chi connectivity index (χ0) is 26.7. The lowest BCUT2D eigenvalue weighted by Crippen LogP contribution is -2.39. The van der Waals surface area contributed by atoms with E-state index in [4.69, 9.17) is 14.2 Å². The van der Waals surface area contributed by atoms with Gasteiger partial charge in [0.05, 0.1) is 20.3 Å². The molecule has 0 spiro atoms. The number of aliphatic hydroxyl groups is 1. The van der Waals surface area contributed by atoms with Crippen LogP contribution in [0.5, 0.6) is 5.75 Å². The van der Waals surface area contributed by atoms with E-state index in [1.807, 2.05) is 84.9 Å². The van der Waals surface area contributed by atoms with Crippen LogP contribution in [0.1, 0.15) is 28.5 Å². The van der Waals surface area contributed by atoms with Crippen LogP contribution < -0.4 is 16.0 Å². The molecule has 1 aliphatic rings. The molecule has 8 nitrogen and oxygen atoms in total. The lowest BCUT2D eigenvalue weighted by molar-refractivity contribution is -0.0382. The number of aryl methyl sites for hydroxylation is 1. The number of nitrogens with zero attached hydrogens (tertiary/aromatic N) is 1. The van der Waals surface area contributed by atoms with Crippen molar-refractivity contribution in [2.45, 2.75) is 24.9 Å². The molecular weight excluding hydrogens is 484 g/mol. The maximum absolute atomic E-state index is 12.4. The Morgan fingerprint density at radius 1 is 0.947 bits per heavy atom. The number of hydrogen-bond acceptors (Lipinski definition) is 6. The Balaban J connectivity index is 1.52. The summed E-state index contributed by atoms with van der Waals surface area (Å²) < 4.78 is 19.3. The lowest BCUT2D eigenvalue weighted by Gasteiger charge is -2.37. The van der Waals surface area contributed by atoms with Crippen molar-refractivity contribution in [1.82, 2.24) is 9.55 Å². The minimum atomic E-state index is -1.03. The van der Waals surface area contributed by atoms with E-state index >= 15 is 0 Å². The molecular formula is C30H30N2O6. The quantitative estimate of drug-likeness (QED) is 0.350. The number of ether oxygens (including phenoxy) is 3. The SMILES string of the molecule is COc1ccc(C(OC[C@H]2CO[C@@H](n3cc(C)c(=O)[nH]c3=O)[C@@H]2O)(c2ccccc2)c2ccccc2)cc1. The van der Waals surface area contributed by atoms with Crippen molar-refractivity contribution < 1.29 is 19.3 Å². The molecule has 0 amide bonds. The first kappa shape index (κ1) is 25.7. The number of H-pyrrole nitrogens is 1. The molecule has 0 unspecified atom stereocenters. The van der Waals surface area contributed by atoms with Gasteiger partial charge in [0.2, 0.25) is 0 Å². The largest absolute Gasteiger partial charge is 0.497 e. The average molecular weight is 515 g/mol. The molecule has 1 saturated heterocycles. The van der Waals surface area contributed by atoms with Crippen LogP contribution in [0.15, 0.2) is 101 Å². The summed E-state index contributed by atoms with van der Waals surface area (Å²) in [5, 5.41) is 11.2. The second kappa shape index (κ2) is 10.8. The molecule has 196 valence electrons. The summed E-state index contributed by atoms with van der Waals surface area (Å²) in [6.45, 7) is 1.92. The first-order valence-electron chi connectivity index (χ1n) is 12.5. The fourth-order valence-corrected chi connectivity index (χ4v) is 4.97. The van der Waals surface area contributed by atoms with Gasteiger partial charge in [-0.3, -0.25) is 14.3 Å². The Kier molecular flexibility index (Phi) is 7.28. The molecule has 3 atom stereocenters. The van der Waals surface area contributed by atoms with Crippen LogP contribution in [-0.2, 0) is 15.1 Å². The molecule has 1 aliphatic heterocycles. The van der Waals surface area contributed by atoms with E-state index in [9.17, 15) is 14.7 Å². The fourth-order valence-electron chi connectivity index (χ4n) is 4.97. The van der Waals surface area contributed by atoms with Gasteiger partial charge in [-0.25, -0.2) is 4.79 Å². The summed E-state index contributed by atoms with van der Waals surface area (Å²) >= 11 is 0. The molecule has 38 heavy (non-hydrogen) atoms. The fraction of sp³-hybridized carbons (Fsp3) is 0.267. The molecule has 0 bridgehead atoms. The number of rotatable bonds is 8. The molecule has 0 aliphatic carbocycles. The topological polar surface area (TPSA) is 103 Å². The Morgan fingerprint density at radius 3 is 2.11 bits per heavy atom. The zero-order valence-electron chi connectivity index (χ0n) is 21.2. The number of hydrogen-bond donors (Lipinski definition) is 2. The maximum atomic E-state index is 12.4. The third-order valence-corrected chi connectivity index (χ3v) is 7.05. The third-order valence-electron chi connectivity index (χ3n) is 7.05. The van der Waals surface area contributed by atoms with Gasteiger partial charge in [-0.15, -0.1) is 0 Å². The molecule has 4 aromatic rings. The second-order valence-corrected chi connectivity index (χ2v) is 9.41. The van der Waals surface area contributed by atoms with Gasteiger partial charge >= 0.3 is 5.69 Å². The number of methoxy groups -OCH3 is 1. The summed E-state index contributed by atoms with van der Waals surface area (Å²) in [5.74, 6) is 0.303. The number of benzene rings is 3. The highest BCUT2D eigenvalue weighted by molar-refractivity contribution is 5.48. The van der Waals surface area contributed by atoms with Crippen molar-refractivity contribution in [2.75, 3.05) is 20.3 Å². The van der Waals surface area contributed by atoms with Crippen molar-refractivity contribution in [3.8, 4) is 5.75 Å². The van der Waals surface area contributed by atoms with E-state index in [2.05, 4.69) is 4.98 Å². The number of aromatic amines is 1. The van der Waals surface area contributed by atoms with Gasteiger partial charge in [-0.1, -0.05) is 72.8 Å². The van der Waals surface area contributed by atoms with Crippen molar-refractivity contribution in [1.29, 1.82) is 0 Å². The molecule has 2 N–H and O–H groups in total. The molecule has 1 fully saturated rings. The van der Waals surface area contributed by atoms with Gasteiger partial charge in [-0.05, 0) is 35.7 Å². The molecule has 0 radical (unpaired) electrons. The number of nitrogens with one attached hydrogen (secondary N) is 1. The maximum Gasteiger partial charge on any atom is 0.330 e. The zero-order valence-corrected chi connectivity index (χ0v) is 21.2. The van der Waals surface area contributed by atoms with Crippen LogP contribution in [0.3, 0.4) is 0 Å². The summed E-state index contributed by atoms with van der Waals surface area (Å²) in [5.41, 5.74) is 1.02. The first-order valence-corrected chi connectivity index (χ1v) is 12.5. The Morgan fingerprint density at radius 2 is 1.53 bits per heavy atom. The van der Waals surface area contributed by atoms with Gasteiger partial charge in [-0.2, -0.15) is 0 Å². The first-order chi connectivity index (χ1) is 18.4. The predicted molar refractivity (Wildman–Crippen MR) is 142 cm³/mol. The summed E-state index contributed by atoms with van der Waals surface area (Å²) in [6, 6.07) is 27.6. The smallest absolute Gasteiger partial charge is 0.330 e. The Labute approximate surface area is 220 Å². The Hall–Kier alpha value is -3.98. The van der Waals surface area contributed by atoms with Crippen molar-refractivity contribution in [3.05, 3.63) is 134 Å². The lowest BCUT2D eigenvalue weighted by atomic mass is 9.80. The molecule has 5 rings (SSSR count). The van der Waals surface area contributed by atoms with Crippen LogP contribution in [0.25, 0.3) is 0 Å². The highest BCUT2D eigenvalue weighted by Crippen LogP contribution is 2.42. The number of aliphatic hydroxyl groups excluding tert-OH is 1. The van der Waals surface area contributed by atoms with Crippen molar-refractivity contribution in [3.63, 3.8) is 0 Å². The van der Waals surface area contributed by atoms with Gasteiger partial charge in [0.25, 0.3) is 5.56 Å². The predicted octanol–water partition coefficient (Wildman–Crippen LogP) is 3.37. The van der Waals surface area contributed by atoms with E-state index in [0.29, 0.717) is 5.56 Å². The summed E-state index contributed by atoms with van der Waals surface area (Å²) in [7, 11) is 1.63. The Bertz CT molecular complexity index is 1440. The molecule has 0 saturated carbocycles. The minimum Gasteiger partial charge on any atom is -0.497 e. The van der Waals surface area contributed by atoms with Crippen LogP contribution in [0.2, 0.25) is 0 Å². The van der Waals surface area contributed by atoms with E-state index in [1.165, 1.54) is 10.8 Å². The standard InChI is InChI=1S/C30H30N2O6/c1-20-17-32(29(35)31-27(20)34)28-26(33)21(18-37-28)19-38-30(22-9-5-3-6-10-22,23-11-7-4-8-12-23)24-13-15-25(36-2)16-14-24/h3-17,21,26,28,33H,18-19H2,1-2H3,(H,31,34,35)/t21-,26-,28-/m1/s1. The van der Waals surface area contributed by atoms with Crippen molar-refractivity contribution in [2.24, 2.45) is 5.92 Å². The van der Waals surface area contributed by atoms with E-state index < -0.39 is 35.1 Å². The second-order valence-electron chi connectivity index (χ2n) is 9.41. The molecule has 2 heterocycles. The van der Waals surface area contributed by atoms with Crippen LogP contribution >= 0.6 is 0 Å². The molecule has 1 aromatic heterocycles. The van der Waals surface area contributed by atoms with Crippen LogP contribution in [-0.4, -0.2) is 41.1 Å². The van der Waals surface area contributed by atoms with Crippen LogP contribution in [0.4, 0.5) is 0 Å². The van der Waals surface area contributed by atoms with Crippen molar-refractivity contribution >= 4 is 0 Å². The minimum absolute atomic E-state index is 0.143. The van der Waals surface area contributed by atoms with Crippen LogP contribution in [0, 0.1) is 12.8 Å².